The first-order valence-corrected chi connectivity index (χ1v) is 8.97. The molecule has 0 spiro atoms. The van der Waals surface area contributed by atoms with Crippen molar-refractivity contribution in [3.8, 4) is 0 Å². The number of hydrogen-bond acceptors (Lipinski definition) is 2. The molecule has 1 aliphatic carbocycles. The van der Waals surface area contributed by atoms with Crippen LogP contribution in [-0.2, 0) is 4.79 Å². The van der Waals surface area contributed by atoms with Crippen molar-refractivity contribution in [3.63, 3.8) is 0 Å². The second kappa shape index (κ2) is 6.43. The van der Waals surface area contributed by atoms with Gasteiger partial charge in [-0.1, -0.05) is 48.0 Å². The van der Waals surface area contributed by atoms with E-state index in [1.54, 1.807) is 12.1 Å². The molecule has 0 bridgehead atoms. The summed E-state index contributed by atoms with van der Waals surface area (Å²) in [6, 6.07) is 14.7. The second-order valence-corrected chi connectivity index (χ2v) is 7.42. The predicted molar refractivity (Wildman–Crippen MR) is 96.0 cm³/mol. The number of hydrogen-bond donors (Lipinski definition) is 1. The summed E-state index contributed by atoms with van der Waals surface area (Å²) in [5.74, 6) is -0.407. The number of amides is 1. The van der Waals surface area contributed by atoms with Gasteiger partial charge in [-0.15, -0.1) is 0 Å². The van der Waals surface area contributed by atoms with Gasteiger partial charge in [-0.05, 0) is 24.1 Å². The molecule has 25 heavy (non-hydrogen) atoms. The minimum absolute atomic E-state index is 0.0678. The first-order valence-electron chi connectivity index (χ1n) is 8.59. The van der Waals surface area contributed by atoms with Crippen LogP contribution in [-0.4, -0.2) is 29.9 Å². The zero-order valence-electron chi connectivity index (χ0n) is 13.7. The third kappa shape index (κ3) is 3.05. The predicted octanol–water partition coefficient (Wildman–Crippen LogP) is 3.54. The summed E-state index contributed by atoms with van der Waals surface area (Å²) < 4.78 is 14.1. The normalized spacial score (nSPS) is 28.2. The smallest absolute Gasteiger partial charge is 0.226 e. The van der Waals surface area contributed by atoms with Crippen LogP contribution >= 0.6 is 11.6 Å². The SMILES string of the molecule is N[C@@H]1CN(C(=O)C2CC2c2c(F)cccc2Cl)C[C@H]1c1ccccc1. The van der Waals surface area contributed by atoms with Gasteiger partial charge in [0, 0.05) is 47.5 Å². The Morgan fingerprint density at radius 2 is 1.84 bits per heavy atom. The van der Waals surface area contributed by atoms with Crippen LogP contribution in [0.1, 0.15) is 29.4 Å². The van der Waals surface area contributed by atoms with E-state index < -0.39 is 0 Å². The summed E-state index contributed by atoms with van der Waals surface area (Å²) in [6.07, 6.45) is 0.654. The van der Waals surface area contributed by atoms with Crippen molar-refractivity contribution in [3.05, 3.63) is 70.5 Å². The van der Waals surface area contributed by atoms with Crippen LogP contribution < -0.4 is 5.73 Å². The monoisotopic (exact) mass is 358 g/mol. The standard InChI is InChI=1S/C20H20ClFN2O/c21-16-7-4-8-17(22)19(16)13-9-14(13)20(25)24-10-15(18(23)11-24)12-5-2-1-3-6-12/h1-8,13-15,18H,9-11,23H2/t13?,14?,15-,18+/m0/s1. The Morgan fingerprint density at radius 1 is 1.08 bits per heavy atom. The highest BCUT2D eigenvalue weighted by atomic mass is 35.5. The lowest BCUT2D eigenvalue weighted by Crippen LogP contribution is -2.33. The average molecular weight is 359 g/mol. The van der Waals surface area contributed by atoms with Gasteiger partial charge in [-0.25, -0.2) is 4.39 Å². The molecular formula is C20H20ClFN2O. The van der Waals surface area contributed by atoms with Crippen LogP contribution in [0.25, 0.3) is 0 Å². The van der Waals surface area contributed by atoms with Gasteiger partial charge < -0.3 is 10.6 Å². The summed E-state index contributed by atoms with van der Waals surface area (Å²) in [6.45, 7) is 1.17. The minimum Gasteiger partial charge on any atom is -0.340 e. The lowest BCUT2D eigenvalue weighted by atomic mass is 9.95. The van der Waals surface area contributed by atoms with Gasteiger partial charge >= 0.3 is 0 Å². The summed E-state index contributed by atoms with van der Waals surface area (Å²) >= 11 is 6.14. The number of rotatable bonds is 3. The van der Waals surface area contributed by atoms with Gasteiger partial charge in [0.25, 0.3) is 0 Å². The lowest BCUT2D eigenvalue weighted by molar-refractivity contribution is -0.131. The molecule has 2 aromatic rings. The maximum absolute atomic E-state index is 14.1. The van der Waals surface area contributed by atoms with E-state index in [1.165, 1.54) is 6.07 Å². The molecule has 4 atom stereocenters. The molecule has 4 rings (SSSR count). The largest absolute Gasteiger partial charge is 0.340 e. The Labute approximate surface area is 151 Å². The van der Waals surface area contributed by atoms with Crippen LogP contribution in [0.15, 0.2) is 48.5 Å². The van der Waals surface area contributed by atoms with E-state index in [1.807, 2.05) is 23.1 Å². The fourth-order valence-electron chi connectivity index (χ4n) is 3.95. The number of benzene rings is 2. The van der Waals surface area contributed by atoms with Gasteiger partial charge in [0.15, 0.2) is 0 Å². The molecule has 0 radical (unpaired) electrons. The Bertz CT molecular complexity index is 777. The molecule has 1 amide bonds. The number of nitrogens with zero attached hydrogens (tertiary/aromatic N) is 1. The molecule has 2 aliphatic rings. The van der Waals surface area contributed by atoms with E-state index in [-0.39, 0.29) is 35.5 Å². The van der Waals surface area contributed by atoms with Gasteiger partial charge in [0.05, 0.1) is 0 Å². The molecule has 3 nitrogen and oxygen atoms in total. The molecule has 0 aromatic heterocycles. The van der Waals surface area contributed by atoms with Crippen LogP contribution in [0.2, 0.25) is 5.02 Å². The summed E-state index contributed by atoms with van der Waals surface area (Å²) in [5.41, 5.74) is 7.92. The third-order valence-corrected chi connectivity index (χ3v) is 5.71. The van der Waals surface area contributed by atoms with Crippen molar-refractivity contribution in [2.45, 2.75) is 24.3 Å². The lowest BCUT2D eigenvalue weighted by Gasteiger charge is -2.17. The zero-order chi connectivity index (χ0) is 17.6. The van der Waals surface area contributed by atoms with Crippen molar-refractivity contribution < 1.29 is 9.18 Å². The van der Waals surface area contributed by atoms with Crippen LogP contribution in [0.5, 0.6) is 0 Å². The van der Waals surface area contributed by atoms with E-state index in [2.05, 4.69) is 12.1 Å². The fraction of sp³-hybridized carbons (Fsp3) is 0.350. The summed E-state index contributed by atoms with van der Waals surface area (Å²) in [4.78, 5) is 14.7. The highest BCUT2D eigenvalue weighted by Crippen LogP contribution is 2.51. The van der Waals surface area contributed by atoms with E-state index >= 15 is 0 Å². The van der Waals surface area contributed by atoms with E-state index in [0.717, 1.165) is 5.56 Å². The maximum Gasteiger partial charge on any atom is 0.226 e. The number of halogens is 2. The van der Waals surface area contributed by atoms with Gasteiger partial charge in [0.2, 0.25) is 5.91 Å². The Morgan fingerprint density at radius 3 is 2.56 bits per heavy atom. The molecule has 1 saturated heterocycles. The number of carbonyl (C=O) groups excluding carboxylic acids is 1. The Kier molecular flexibility index (Phi) is 4.26. The third-order valence-electron chi connectivity index (χ3n) is 5.38. The quantitative estimate of drug-likeness (QED) is 0.912. The number of likely N-dealkylation sites (tertiary alicyclic amines) is 1. The van der Waals surface area contributed by atoms with E-state index in [0.29, 0.717) is 30.1 Å². The average Bonchev–Trinajstić information content (AvgIpc) is 3.29. The summed E-state index contributed by atoms with van der Waals surface area (Å²) in [7, 11) is 0. The van der Waals surface area contributed by atoms with E-state index in [9.17, 15) is 9.18 Å². The second-order valence-electron chi connectivity index (χ2n) is 7.01. The molecule has 2 aromatic carbocycles. The van der Waals surface area contributed by atoms with Crippen molar-refractivity contribution in [1.29, 1.82) is 0 Å². The number of carbonyl (C=O) groups is 1. The van der Waals surface area contributed by atoms with Crippen molar-refractivity contribution in [2.75, 3.05) is 13.1 Å². The van der Waals surface area contributed by atoms with Gasteiger partial charge in [0.1, 0.15) is 5.82 Å². The highest BCUT2D eigenvalue weighted by Gasteiger charge is 2.49. The van der Waals surface area contributed by atoms with Crippen molar-refractivity contribution >= 4 is 17.5 Å². The summed E-state index contributed by atoms with van der Waals surface area (Å²) in [5, 5.41) is 0.403. The molecule has 1 saturated carbocycles. The molecule has 1 aliphatic heterocycles. The van der Waals surface area contributed by atoms with Gasteiger partial charge in [-0.2, -0.15) is 0 Å². The topological polar surface area (TPSA) is 46.3 Å². The first-order chi connectivity index (χ1) is 12.1. The number of nitrogens with two attached hydrogens (primary N) is 1. The van der Waals surface area contributed by atoms with E-state index in [4.69, 9.17) is 17.3 Å². The highest BCUT2D eigenvalue weighted by molar-refractivity contribution is 6.31. The Balaban J connectivity index is 1.47. The molecular weight excluding hydrogens is 339 g/mol. The molecule has 5 heteroatoms. The van der Waals surface area contributed by atoms with Crippen LogP contribution in [0.3, 0.4) is 0 Å². The molecule has 2 N–H and O–H groups in total. The van der Waals surface area contributed by atoms with Crippen molar-refractivity contribution in [1.82, 2.24) is 4.90 Å². The zero-order valence-corrected chi connectivity index (χ0v) is 14.5. The molecule has 1 heterocycles. The fourth-order valence-corrected chi connectivity index (χ4v) is 4.25. The Hall–Kier alpha value is -1.91. The molecule has 2 fully saturated rings. The maximum atomic E-state index is 14.1. The van der Waals surface area contributed by atoms with Gasteiger partial charge in [-0.3, -0.25) is 4.79 Å². The minimum atomic E-state index is -0.326. The van der Waals surface area contributed by atoms with Crippen molar-refractivity contribution in [2.24, 2.45) is 11.7 Å². The molecule has 2 unspecified atom stereocenters. The first kappa shape index (κ1) is 16.6. The molecule has 130 valence electrons. The van der Waals surface area contributed by atoms with Crippen LogP contribution in [0.4, 0.5) is 4.39 Å². The van der Waals surface area contributed by atoms with Crippen LogP contribution in [0, 0.1) is 11.7 Å².